The van der Waals surface area contributed by atoms with Crippen LogP contribution in [-0.2, 0) is 4.74 Å². The Kier molecular flexibility index (Phi) is 4.06. The minimum atomic E-state index is -2.36. The highest BCUT2D eigenvalue weighted by Crippen LogP contribution is 2.31. The van der Waals surface area contributed by atoms with E-state index in [0.717, 1.165) is 0 Å². The van der Waals surface area contributed by atoms with Crippen molar-refractivity contribution in [2.45, 2.75) is 11.8 Å². The van der Waals surface area contributed by atoms with Crippen LogP contribution in [0.2, 0.25) is 0 Å². The Morgan fingerprint density at radius 2 is 1.04 bits per heavy atom. The number of aliphatic hydroxyl groups excluding tert-OH is 1. The number of epoxide rings is 1. The van der Waals surface area contributed by atoms with Gasteiger partial charge in [0.1, 0.15) is 6.10 Å². The van der Waals surface area contributed by atoms with Crippen LogP contribution in [0.1, 0.15) is 0 Å². The maximum Gasteiger partial charge on any atom is 0.182 e. The van der Waals surface area contributed by atoms with Crippen LogP contribution in [0.4, 0.5) is 0 Å². The Labute approximate surface area is 143 Å². The van der Waals surface area contributed by atoms with Gasteiger partial charge in [0.25, 0.3) is 0 Å². The van der Waals surface area contributed by atoms with Crippen LogP contribution in [0, 0.1) is 0 Å². The molecule has 3 aromatic rings. The van der Waals surface area contributed by atoms with Crippen LogP contribution < -0.4 is 15.6 Å². The summed E-state index contributed by atoms with van der Waals surface area (Å²) in [4.78, 5) is 0. The Bertz CT molecular complexity index is 693. The van der Waals surface area contributed by atoms with Gasteiger partial charge < -0.3 is 9.84 Å². The van der Waals surface area contributed by atoms with Gasteiger partial charge in [-0.25, -0.2) is 0 Å². The largest absolute Gasteiger partial charge is 0.394 e. The second kappa shape index (κ2) is 6.36. The van der Waals surface area contributed by atoms with E-state index in [1.165, 1.54) is 15.6 Å². The molecule has 1 saturated heterocycles. The maximum absolute atomic E-state index is 9.68. The number of benzene rings is 3. The zero-order valence-corrected chi connectivity index (χ0v) is 14.4. The molecule has 4 rings (SSSR count). The molecule has 0 spiro atoms. The summed E-state index contributed by atoms with van der Waals surface area (Å²) in [5.41, 5.74) is 0.0645. The molecular weight excluding hydrogens is 312 g/mol. The molecule has 0 aliphatic carbocycles. The van der Waals surface area contributed by atoms with Gasteiger partial charge in [-0.2, -0.15) is 0 Å². The Hall–Kier alpha value is -2.20. The zero-order valence-electron chi connectivity index (χ0n) is 13.4. The average Bonchev–Trinajstić information content (AvgIpc) is 3.45. The predicted octanol–water partition coefficient (Wildman–Crippen LogP) is 1.46. The third kappa shape index (κ3) is 2.42. The molecule has 1 aliphatic heterocycles. The SMILES string of the molecule is OC[C@H]1O[C@@H]1[Si](c1ccccc1)(c1ccccc1)c1ccccc1. The van der Waals surface area contributed by atoms with Gasteiger partial charge in [-0.15, -0.1) is 0 Å². The van der Waals surface area contributed by atoms with Gasteiger partial charge in [0.15, 0.2) is 8.07 Å². The van der Waals surface area contributed by atoms with Gasteiger partial charge in [0.05, 0.1) is 12.3 Å². The van der Waals surface area contributed by atoms with Gasteiger partial charge in [-0.1, -0.05) is 91.0 Å². The number of hydrogen-bond donors (Lipinski definition) is 1. The summed E-state index contributed by atoms with van der Waals surface area (Å²) < 4.78 is 6.01. The minimum Gasteiger partial charge on any atom is -0.394 e. The molecule has 2 atom stereocenters. The molecule has 24 heavy (non-hydrogen) atoms. The molecule has 0 aromatic heterocycles. The first-order valence-corrected chi connectivity index (χ1v) is 10.4. The molecule has 0 amide bonds. The van der Waals surface area contributed by atoms with Gasteiger partial charge in [-0.3, -0.25) is 0 Å². The third-order valence-corrected chi connectivity index (χ3v) is 9.97. The van der Waals surface area contributed by atoms with Crippen LogP contribution in [0.5, 0.6) is 0 Å². The van der Waals surface area contributed by atoms with E-state index < -0.39 is 8.07 Å². The molecule has 3 heteroatoms. The molecule has 3 aromatic carbocycles. The smallest absolute Gasteiger partial charge is 0.182 e. The fraction of sp³-hybridized carbons (Fsp3) is 0.143. The minimum absolute atomic E-state index is 0.0645. The Morgan fingerprint density at radius 3 is 1.33 bits per heavy atom. The van der Waals surface area contributed by atoms with Crippen molar-refractivity contribution in [1.82, 2.24) is 0 Å². The van der Waals surface area contributed by atoms with Crippen LogP contribution in [0.15, 0.2) is 91.0 Å². The molecule has 2 nitrogen and oxygen atoms in total. The second-order valence-corrected chi connectivity index (χ2v) is 10.1. The van der Waals surface area contributed by atoms with Crippen molar-refractivity contribution in [3.05, 3.63) is 91.0 Å². The predicted molar refractivity (Wildman–Crippen MR) is 99.7 cm³/mol. The van der Waals surface area contributed by atoms with Gasteiger partial charge in [0.2, 0.25) is 0 Å². The number of ether oxygens (including phenoxy) is 1. The standard InChI is InChI=1S/C21H20O2Si/c22-16-20-21(23-20)24(17-10-4-1-5-11-17,18-12-6-2-7-13-18)19-14-8-3-9-15-19/h1-15,20-22H,16H2/t20-,21-/m1/s1. The Morgan fingerprint density at radius 1 is 0.667 bits per heavy atom. The highest BCUT2D eigenvalue weighted by molar-refractivity contribution is 7.12. The van der Waals surface area contributed by atoms with Crippen LogP contribution in [0.3, 0.4) is 0 Å². The molecule has 120 valence electrons. The zero-order chi connectivity index (χ0) is 16.4. The lowest BCUT2D eigenvalue weighted by atomic mass is 10.3. The highest BCUT2D eigenvalue weighted by Gasteiger charge is 2.59. The van der Waals surface area contributed by atoms with E-state index in [2.05, 4.69) is 91.0 Å². The number of aliphatic hydroxyl groups is 1. The molecule has 1 N–H and O–H groups in total. The molecule has 0 unspecified atom stereocenters. The van der Waals surface area contributed by atoms with E-state index in [1.807, 2.05) is 0 Å². The van der Waals surface area contributed by atoms with Crippen molar-refractivity contribution in [2.75, 3.05) is 6.61 Å². The average molecular weight is 332 g/mol. The lowest BCUT2D eigenvalue weighted by Gasteiger charge is -2.32. The fourth-order valence-electron chi connectivity index (χ4n) is 3.76. The van der Waals surface area contributed by atoms with Gasteiger partial charge in [0, 0.05) is 0 Å². The monoisotopic (exact) mass is 332 g/mol. The van der Waals surface area contributed by atoms with Crippen LogP contribution in [-0.4, -0.2) is 31.6 Å². The maximum atomic E-state index is 9.68. The summed E-state index contributed by atoms with van der Waals surface area (Å²) in [6.45, 7) is 0.0753. The summed E-state index contributed by atoms with van der Waals surface area (Å²) in [6, 6.07) is 32.0. The third-order valence-electron chi connectivity index (χ3n) is 4.88. The molecule has 0 saturated carbocycles. The summed E-state index contributed by atoms with van der Waals surface area (Å²) in [5, 5.41) is 13.6. The van der Waals surface area contributed by atoms with Crippen molar-refractivity contribution < 1.29 is 9.84 Å². The molecule has 1 fully saturated rings. The summed E-state index contributed by atoms with van der Waals surface area (Å²) >= 11 is 0. The van der Waals surface area contributed by atoms with E-state index in [-0.39, 0.29) is 18.4 Å². The van der Waals surface area contributed by atoms with E-state index in [1.54, 1.807) is 0 Å². The lowest BCUT2D eigenvalue weighted by Crippen LogP contribution is -2.71. The van der Waals surface area contributed by atoms with Crippen LogP contribution >= 0.6 is 0 Å². The van der Waals surface area contributed by atoms with Gasteiger partial charge in [-0.05, 0) is 15.6 Å². The molecule has 1 heterocycles. The first-order valence-electron chi connectivity index (χ1n) is 8.30. The molecule has 0 bridgehead atoms. The summed E-state index contributed by atoms with van der Waals surface area (Å²) in [5.74, 6) is 0. The molecule has 1 aliphatic rings. The summed E-state index contributed by atoms with van der Waals surface area (Å²) in [7, 11) is -2.36. The molecular formula is C21H20O2Si. The van der Waals surface area contributed by atoms with E-state index in [0.29, 0.717) is 0 Å². The second-order valence-electron chi connectivity index (χ2n) is 6.18. The van der Waals surface area contributed by atoms with Crippen molar-refractivity contribution in [2.24, 2.45) is 0 Å². The first-order chi connectivity index (χ1) is 11.9. The summed E-state index contributed by atoms with van der Waals surface area (Å²) in [6.07, 6.45) is -0.0720. The fourth-order valence-corrected chi connectivity index (χ4v) is 8.94. The lowest BCUT2D eigenvalue weighted by molar-refractivity contribution is 0.243. The van der Waals surface area contributed by atoms with Crippen LogP contribution in [0.25, 0.3) is 0 Å². The topological polar surface area (TPSA) is 32.8 Å². The van der Waals surface area contributed by atoms with Crippen molar-refractivity contribution in [3.8, 4) is 0 Å². The first kappa shape index (κ1) is 15.3. The molecule has 0 radical (unpaired) electrons. The van der Waals surface area contributed by atoms with Crippen molar-refractivity contribution in [1.29, 1.82) is 0 Å². The van der Waals surface area contributed by atoms with Gasteiger partial charge >= 0.3 is 0 Å². The van der Waals surface area contributed by atoms with E-state index in [4.69, 9.17) is 4.74 Å². The quantitative estimate of drug-likeness (QED) is 0.436. The highest BCUT2D eigenvalue weighted by atomic mass is 28.3. The van der Waals surface area contributed by atoms with E-state index in [9.17, 15) is 5.11 Å². The normalized spacial score (nSPS) is 19.9. The number of rotatable bonds is 5. The van der Waals surface area contributed by atoms with Crippen molar-refractivity contribution >= 4 is 23.6 Å². The Balaban J connectivity index is 2.00. The van der Waals surface area contributed by atoms with E-state index >= 15 is 0 Å². The number of hydrogen-bond acceptors (Lipinski definition) is 2. The van der Waals surface area contributed by atoms with Crippen molar-refractivity contribution in [3.63, 3.8) is 0 Å².